The Balaban J connectivity index is 1.64. The molecule has 0 aromatic heterocycles. The molecule has 3 rings (SSSR count). The molecule has 1 heterocycles. The minimum absolute atomic E-state index is 0.00712. The molecule has 148 valence electrons. The lowest BCUT2D eigenvalue weighted by molar-refractivity contribution is -0.384. The number of carbonyl (C=O) groups excluding carboxylic acids is 2. The zero-order chi connectivity index (χ0) is 20.3. The fraction of sp³-hybridized carbons (Fsp3) is 0.526. The first-order valence-corrected chi connectivity index (χ1v) is 9.27. The highest BCUT2D eigenvalue weighted by Crippen LogP contribution is 2.39. The summed E-state index contributed by atoms with van der Waals surface area (Å²) in [6.45, 7) is 2.57. The van der Waals surface area contributed by atoms with E-state index in [-0.39, 0.29) is 17.2 Å². The molecule has 1 saturated carbocycles. The number of hydrogen-bond donors (Lipinski definition) is 1. The summed E-state index contributed by atoms with van der Waals surface area (Å²) in [6, 6.07) is 6.27. The van der Waals surface area contributed by atoms with E-state index in [9.17, 15) is 25.0 Å². The molecule has 0 spiro atoms. The molecule has 1 aliphatic carbocycles. The maximum Gasteiger partial charge on any atom is 0.338 e. The number of carbonyl (C=O) groups is 2. The van der Waals surface area contributed by atoms with Crippen LogP contribution in [0.4, 0.5) is 11.4 Å². The van der Waals surface area contributed by atoms with Crippen LogP contribution in [0.1, 0.15) is 43.0 Å². The number of nitriles is 1. The number of nitrogens with one attached hydrogen (secondary N) is 1. The SMILES string of the molecule is C[C@](C#N)(NC(=O)COC(=O)c1ccc(N2CCCC2)c([N+](=O)[O-])c1)C1CC1. The molecule has 0 bridgehead atoms. The van der Waals surface area contributed by atoms with Crippen molar-refractivity contribution in [2.24, 2.45) is 5.92 Å². The second-order valence-electron chi connectivity index (χ2n) is 7.37. The van der Waals surface area contributed by atoms with Crippen LogP contribution in [0.25, 0.3) is 0 Å². The lowest BCUT2D eigenvalue weighted by Gasteiger charge is -2.22. The Hall–Kier alpha value is -3.15. The van der Waals surface area contributed by atoms with Crippen molar-refractivity contribution in [1.82, 2.24) is 5.32 Å². The van der Waals surface area contributed by atoms with E-state index in [1.54, 1.807) is 13.0 Å². The van der Waals surface area contributed by atoms with E-state index in [1.807, 2.05) is 4.90 Å². The molecular weight excluding hydrogens is 364 g/mol. The van der Waals surface area contributed by atoms with E-state index in [0.717, 1.165) is 38.8 Å². The number of rotatable bonds is 7. The predicted octanol–water partition coefficient (Wildman–Crippen LogP) is 2.16. The number of benzene rings is 1. The van der Waals surface area contributed by atoms with Gasteiger partial charge in [-0.15, -0.1) is 0 Å². The van der Waals surface area contributed by atoms with Gasteiger partial charge >= 0.3 is 5.97 Å². The topological polar surface area (TPSA) is 126 Å². The minimum atomic E-state index is -0.973. The van der Waals surface area contributed by atoms with Crippen LogP contribution in [0.3, 0.4) is 0 Å². The van der Waals surface area contributed by atoms with Crippen molar-refractivity contribution in [2.45, 2.75) is 38.1 Å². The van der Waals surface area contributed by atoms with Crippen molar-refractivity contribution in [3.63, 3.8) is 0 Å². The van der Waals surface area contributed by atoms with E-state index >= 15 is 0 Å². The Labute approximate surface area is 162 Å². The lowest BCUT2D eigenvalue weighted by atomic mass is 9.98. The summed E-state index contributed by atoms with van der Waals surface area (Å²) in [6.07, 6.45) is 3.69. The quantitative estimate of drug-likeness (QED) is 0.432. The number of esters is 1. The summed E-state index contributed by atoms with van der Waals surface area (Å²) in [5.74, 6) is -1.29. The fourth-order valence-electron chi connectivity index (χ4n) is 3.44. The summed E-state index contributed by atoms with van der Waals surface area (Å²) >= 11 is 0. The van der Waals surface area contributed by atoms with Crippen LogP contribution in [0.5, 0.6) is 0 Å². The highest BCUT2D eigenvalue weighted by atomic mass is 16.6. The standard InChI is InChI=1S/C19H22N4O5/c1-19(12-20,14-5-6-14)21-17(24)11-28-18(25)13-4-7-15(16(10-13)23(26)27)22-8-2-3-9-22/h4,7,10,14H,2-3,5-6,8-9,11H2,1H3,(H,21,24)/t19-/m1/s1. The van der Waals surface area contributed by atoms with E-state index in [1.165, 1.54) is 12.1 Å². The van der Waals surface area contributed by atoms with Crippen LogP contribution in [0, 0.1) is 27.4 Å². The van der Waals surface area contributed by atoms with Gasteiger partial charge in [-0.25, -0.2) is 4.79 Å². The predicted molar refractivity (Wildman–Crippen MR) is 99.7 cm³/mol. The third kappa shape index (κ3) is 4.22. The molecule has 1 atom stereocenters. The third-order valence-electron chi connectivity index (χ3n) is 5.21. The van der Waals surface area contributed by atoms with Gasteiger partial charge in [-0.3, -0.25) is 14.9 Å². The summed E-state index contributed by atoms with van der Waals surface area (Å²) in [4.78, 5) is 37.1. The van der Waals surface area contributed by atoms with E-state index < -0.39 is 28.9 Å². The fourth-order valence-corrected chi connectivity index (χ4v) is 3.44. The zero-order valence-corrected chi connectivity index (χ0v) is 15.6. The van der Waals surface area contributed by atoms with Crippen molar-refractivity contribution in [1.29, 1.82) is 5.26 Å². The Morgan fingerprint density at radius 3 is 2.64 bits per heavy atom. The molecule has 28 heavy (non-hydrogen) atoms. The van der Waals surface area contributed by atoms with Gasteiger partial charge in [0.05, 0.1) is 16.6 Å². The Morgan fingerprint density at radius 2 is 2.07 bits per heavy atom. The van der Waals surface area contributed by atoms with Crippen LogP contribution in [0.2, 0.25) is 0 Å². The summed E-state index contributed by atoms with van der Waals surface area (Å²) in [5, 5.41) is 23.3. The second kappa shape index (κ2) is 7.84. The monoisotopic (exact) mass is 386 g/mol. The number of ether oxygens (including phenoxy) is 1. The molecule has 9 nitrogen and oxygen atoms in total. The van der Waals surface area contributed by atoms with Gasteiger partial charge < -0.3 is 15.0 Å². The van der Waals surface area contributed by atoms with Gasteiger partial charge in [0.25, 0.3) is 11.6 Å². The Bertz CT molecular complexity index is 839. The molecule has 1 aromatic carbocycles. The summed E-state index contributed by atoms with van der Waals surface area (Å²) < 4.78 is 4.98. The number of nitro benzene ring substituents is 1. The number of amides is 1. The smallest absolute Gasteiger partial charge is 0.338 e. The van der Waals surface area contributed by atoms with E-state index in [2.05, 4.69) is 11.4 Å². The van der Waals surface area contributed by atoms with Crippen molar-refractivity contribution >= 4 is 23.3 Å². The first-order chi connectivity index (χ1) is 13.3. The lowest BCUT2D eigenvalue weighted by Crippen LogP contribution is -2.48. The molecule has 2 aliphatic rings. The van der Waals surface area contributed by atoms with E-state index in [0.29, 0.717) is 5.69 Å². The van der Waals surface area contributed by atoms with E-state index in [4.69, 9.17) is 4.74 Å². The highest BCUT2D eigenvalue weighted by molar-refractivity contribution is 5.93. The molecular formula is C19H22N4O5. The highest BCUT2D eigenvalue weighted by Gasteiger charge is 2.43. The minimum Gasteiger partial charge on any atom is -0.452 e. The van der Waals surface area contributed by atoms with Gasteiger partial charge in [0.2, 0.25) is 0 Å². The van der Waals surface area contributed by atoms with Gasteiger partial charge in [0, 0.05) is 19.2 Å². The normalized spacial score (nSPS) is 18.1. The van der Waals surface area contributed by atoms with Gasteiger partial charge in [0.15, 0.2) is 6.61 Å². The number of nitro groups is 1. The van der Waals surface area contributed by atoms with Crippen molar-refractivity contribution in [3.05, 3.63) is 33.9 Å². The molecule has 1 aliphatic heterocycles. The van der Waals surface area contributed by atoms with Crippen LogP contribution in [-0.2, 0) is 9.53 Å². The number of nitrogens with zero attached hydrogens (tertiary/aromatic N) is 3. The molecule has 0 radical (unpaired) electrons. The summed E-state index contributed by atoms with van der Waals surface area (Å²) in [7, 11) is 0. The largest absolute Gasteiger partial charge is 0.452 e. The van der Waals surface area contributed by atoms with Crippen LogP contribution >= 0.6 is 0 Å². The molecule has 1 amide bonds. The van der Waals surface area contributed by atoms with Crippen LogP contribution in [0.15, 0.2) is 18.2 Å². The van der Waals surface area contributed by atoms with Crippen molar-refractivity contribution < 1.29 is 19.2 Å². The molecule has 0 unspecified atom stereocenters. The maximum atomic E-state index is 12.2. The van der Waals surface area contributed by atoms with Crippen molar-refractivity contribution in [3.8, 4) is 6.07 Å². The maximum absolute atomic E-state index is 12.2. The Morgan fingerprint density at radius 1 is 1.39 bits per heavy atom. The second-order valence-corrected chi connectivity index (χ2v) is 7.37. The third-order valence-corrected chi connectivity index (χ3v) is 5.21. The molecule has 1 aromatic rings. The van der Waals surface area contributed by atoms with Gasteiger partial charge in [0.1, 0.15) is 11.2 Å². The average Bonchev–Trinajstić information content (AvgIpc) is 3.41. The van der Waals surface area contributed by atoms with Crippen LogP contribution < -0.4 is 10.2 Å². The first kappa shape index (κ1) is 19.6. The average molecular weight is 386 g/mol. The van der Waals surface area contributed by atoms with Crippen molar-refractivity contribution in [2.75, 3.05) is 24.6 Å². The molecule has 9 heteroatoms. The van der Waals surface area contributed by atoms with Crippen LogP contribution in [-0.4, -0.2) is 42.0 Å². The molecule has 2 fully saturated rings. The van der Waals surface area contributed by atoms with Gasteiger partial charge in [-0.05, 0) is 50.7 Å². The summed E-state index contributed by atoms with van der Waals surface area (Å²) in [5.41, 5.74) is -0.648. The first-order valence-electron chi connectivity index (χ1n) is 9.27. The number of hydrogen-bond acceptors (Lipinski definition) is 7. The van der Waals surface area contributed by atoms with Gasteiger partial charge in [-0.2, -0.15) is 5.26 Å². The Kier molecular flexibility index (Phi) is 5.49. The number of anilines is 1. The van der Waals surface area contributed by atoms with Gasteiger partial charge in [-0.1, -0.05) is 0 Å². The molecule has 1 N–H and O–H groups in total. The molecule has 1 saturated heterocycles. The zero-order valence-electron chi connectivity index (χ0n) is 15.6.